The zero-order valence-corrected chi connectivity index (χ0v) is 12.2. The van der Waals surface area contributed by atoms with Crippen molar-refractivity contribution >= 4 is 22.7 Å². The first-order valence-corrected chi connectivity index (χ1v) is 7.29. The van der Waals surface area contributed by atoms with E-state index in [1.807, 2.05) is 35.1 Å². The van der Waals surface area contributed by atoms with Crippen LogP contribution in [0.5, 0.6) is 0 Å². The highest BCUT2D eigenvalue weighted by molar-refractivity contribution is 5.90. The molecule has 3 rings (SSSR count). The molecule has 1 aliphatic rings. The molecule has 1 fully saturated rings. The van der Waals surface area contributed by atoms with Gasteiger partial charge >= 0.3 is 0 Å². The monoisotopic (exact) mass is 298 g/mol. The molecule has 114 valence electrons. The standard InChI is InChI=1S/C16H18N4O2/c1-2-15(21)17-10-16(22)19-8-7-13(11-19)20-14-6-4-3-5-12(14)9-18-20/h2-6,9,13H,1,7-8,10-11H2,(H,17,21). The second kappa shape index (κ2) is 6.01. The number of amides is 2. The van der Waals surface area contributed by atoms with Crippen LogP contribution in [0.25, 0.3) is 10.9 Å². The van der Waals surface area contributed by atoms with E-state index in [-0.39, 0.29) is 24.4 Å². The lowest BCUT2D eigenvalue weighted by atomic mass is 10.2. The number of aromatic nitrogens is 2. The summed E-state index contributed by atoms with van der Waals surface area (Å²) in [5.74, 6) is -0.406. The molecule has 0 radical (unpaired) electrons. The van der Waals surface area contributed by atoms with Gasteiger partial charge in [0.05, 0.1) is 24.3 Å². The fourth-order valence-electron chi connectivity index (χ4n) is 2.80. The van der Waals surface area contributed by atoms with Gasteiger partial charge in [-0.25, -0.2) is 0 Å². The number of fused-ring (bicyclic) bond motifs is 1. The summed E-state index contributed by atoms with van der Waals surface area (Å²) in [7, 11) is 0. The fourth-order valence-corrected chi connectivity index (χ4v) is 2.80. The van der Waals surface area contributed by atoms with E-state index in [2.05, 4.69) is 17.0 Å². The average Bonchev–Trinajstić information content (AvgIpc) is 3.18. The van der Waals surface area contributed by atoms with Crippen molar-refractivity contribution < 1.29 is 9.59 Å². The van der Waals surface area contributed by atoms with E-state index in [1.165, 1.54) is 0 Å². The Labute approximate surface area is 128 Å². The second-order valence-corrected chi connectivity index (χ2v) is 5.35. The number of likely N-dealkylation sites (tertiary alicyclic amines) is 1. The molecule has 1 aromatic carbocycles. The Morgan fingerprint density at radius 3 is 3.05 bits per heavy atom. The number of hydrogen-bond acceptors (Lipinski definition) is 3. The van der Waals surface area contributed by atoms with Gasteiger partial charge in [-0.15, -0.1) is 0 Å². The number of rotatable bonds is 4. The summed E-state index contributed by atoms with van der Waals surface area (Å²) in [6.45, 7) is 4.68. The van der Waals surface area contributed by atoms with Gasteiger partial charge < -0.3 is 10.2 Å². The fraction of sp³-hybridized carbons (Fsp3) is 0.312. The number of carbonyl (C=O) groups excluding carboxylic acids is 2. The maximum atomic E-state index is 12.1. The van der Waals surface area contributed by atoms with Crippen molar-refractivity contribution in [3.8, 4) is 0 Å². The molecule has 2 amide bonds. The first-order valence-electron chi connectivity index (χ1n) is 7.29. The SMILES string of the molecule is C=CC(=O)NCC(=O)N1CCC(n2ncc3ccccc32)C1. The molecule has 0 spiro atoms. The van der Waals surface area contributed by atoms with Gasteiger partial charge in [-0.2, -0.15) is 5.10 Å². The molecular formula is C16H18N4O2. The molecule has 0 saturated carbocycles. The van der Waals surface area contributed by atoms with Crippen LogP contribution in [0.1, 0.15) is 12.5 Å². The molecule has 0 aliphatic carbocycles. The minimum atomic E-state index is -0.331. The molecule has 6 nitrogen and oxygen atoms in total. The van der Waals surface area contributed by atoms with E-state index in [0.29, 0.717) is 13.1 Å². The lowest BCUT2D eigenvalue weighted by Gasteiger charge is -2.17. The summed E-state index contributed by atoms with van der Waals surface area (Å²) in [6, 6.07) is 8.22. The maximum Gasteiger partial charge on any atom is 0.243 e. The molecule has 1 aliphatic heterocycles. The van der Waals surface area contributed by atoms with E-state index in [9.17, 15) is 9.59 Å². The van der Waals surface area contributed by atoms with Gasteiger partial charge in [0.25, 0.3) is 0 Å². The Bertz CT molecular complexity index is 722. The van der Waals surface area contributed by atoms with Crippen LogP contribution in [0.3, 0.4) is 0 Å². The van der Waals surface area contributed by atoms with E-state index >= 15 is 0 Å². The Kier molecular flexibility index (Phi) is 3.91. The summed E-state index contributed by atoms with van der Waals surface area (Å²) in [4.78, 5) is 25.0. The van der Waals surface area contributed by atoms with Crippen LogP contribution in [0.4, 0.5) is 0 Å². The molecule has 1 N–H and O–H groups in total. The smallest absolute Gasteiger partial charge is 0.243 e. The van der Waals surface area contributed by atoms with Crippen LogP contribution >= 0.6 is 0 Å². The highest BCUT2D eigenvalue weighted by atomic mass is 16.2. The molecule has 6 heteroatoms. The zero-order valence-electron chi connectivity index (χ0n) is 12.2. The van der Waals surface area contributed by atoms with Crippen LogP contribution in [-0.4, -0.2) is 46.1 Å². The molecular weight excluding hydrogens is 280 g/mol. The molecule has 0 bridgehead atoms. The van der Waals surface area contributed by atoms with Crippen molar-refractivity contribution in [2.24, 2.45) is 0 Å². The number of carbonyl (C=O) groups is 2. The Morgan fingerprint density at radius 1 is 1.41 bits per heavy atom. The number of nitrogens with one attached hydrogen (secondary N) is 1. The van der Waals surface area contributed by atoms with Crippen LogP contribution in [-0.2, 0) is 9.59 Å². The van der Waals surface area contributed by atoms with E-state index < -0.39 is 0 Å². The number of para-hydroxylation sites is 1. The minimum absolute atomic E-state index is 0.0113. The molecule has 1 unspecified atom stereocenters. The van der Waals surface area contributed by atoms with Gasteiger partial charge in [-0.3, -0.25) is 14.3 Å². The molecule has 2 aromatic rings. The summed E-state index contributed by atoms with van der Waals surface area (Å²) in [5, 5.41) is 8.07. The third kappa shape index (κ3) is 2.72. The van der Waals surface area contributed by atoms with Gasteiger partial charge in [0.15, 0.2) is 0 Å². The first kappa shape index (κ1) is 14.3. The third-order valence-corrected chi connectivity index (χ3v) is 3.97. The highest BCUT2D eigenvalue weighted by Crippen LogP contribution is 2.25. The van der Waals surface area contributed by atoms with Crippen molar-refractivity contribution in [3.63, 3.8) is 0 Å². The van der Waals surface area contributed by atoms with E-state index in [0.717, 1.165) is 23.4 Å². The van der Waals surface area contributed by atoms with Gasteiger partial charge in [0.2, 0.25) is 11.8 Å². The Morgan fingerprint density at radius 2 is 2.23 bits per heavy atom. The van der Waals surface area contributed by atoms with E-state index in [1.54, 1.807) is 4.90 Å². The summed E-state index contributed by atoms with van der Waals surface area (Å²) >= 11 is 0. The number of benzene rings is 1. The van der Waals surface area contributed by atoms with Crippen molar-refractivity contribution in [2.45, 2.75) is 12.5 Å². The molecule has 22 heavy (non-hydrogen) atoms. The van der Waals surface area contributed by atoms with Gasteiger partial charge in [0, 0.05) is 18.5 Å². The average molecular weight is 298 g/mol. The maximum absolute atomic E-state index is 12.1. The van der Waals surface area contributed by atoms with Gasteiger partial charge in [-0.05, 0) is 18.6 Å². The van der Waals surface area contributed by atoms with Crippen molar-refractivity contribution in [3.05, 3.63) is 43.1 Å². The van der Waals surface area contributed by atoms with Crippen LogP contribution < -0.4 is 5.32 Å². The summed E-state index contributed by atoms with van der Waals surface area (Å²) in [5.41, 5.74) is 1.08. The topological polar surface area (TPSA) is 67.2 Å². The number of hydrogen-bond donors (Lipinski definition) is 1. The molecule has 1 atom stereocenters. The number of nitrogens with zero attached hydrogens (tertiary/aromatic N) is 3. The predicted molar refractivity (Wildman–Crippen MR) is 83.2 cm³/mol. The molecule has 2 heterocycles. The second-order valence-electron chi connectivity index (χ2n) is 5.35. The van der Waals surface area contributed by atoms with Crippen molar-refractivity contribution in [2.75, 3.05) is 19.6 Å². The van der Waals surface area contributed by atoms with Gasteiger partial charge in [-0.1, -0.05) is 24.8 Å². The summed E-state index contributed by atoms with van der Waals surface area (Å²) < 4.78 is 1.99. The predicted octanol–water partition coefficient (Wildman–Crippen LogP) is 1.11. The van der Waals surface area contributed by atoms with E-state index in [4.69, 9.17) is 0 Å². The van der Waals surface area contributed by atoms with Crippen LogP contribution in [0.15, 0.2) is 43.1 Å². The van der Waals surface area contributed by atoms with Crippen LogP contribution in [0, 0.1) is 0 Å². The third-order valence-electron chi connectivity index (χ3n) is 3.97. The summed E-state index contributed by atoms with van der Waals surface area (Å²) in [6.07, 6.45) is 3.88. The minimum Gasteiger partial charge on any atom is -0.343 e. The Balaban J connectivity index is 1.66. The lowest BCUT2D eigenvalue weighted by molar-refractivity contribution is -0.131. The molecule has 1 saturated heterocycles. The van der Waals surface area contributed by atoms with Crippen molar-refractivity contribution in [1.82, 2.24) is 20.0 Å². The van der Waals surface area contributed by atoms with Crippen molar-refractivity contribution in [1.29, 1.82) is 0 Å². The largest absolute Gasteiger partial charge is 0.343 e. The zero-order chi connectivity index (χ0) is 15.5. The van der Waals surface area contributed by atoms with Crippen LogP contribution in [0.2, 0.25) is 0 Å². The first-order chi connectivity index (χ1) is 10.7. The van der Waals surface area contributed by atoms with Gasteiger partial charge in [0.1, 0.15) is 0 Å². The molecule has 1 aromatic heterocycles. The highest BCUT2D eigenvalue weighted by Gasteiger charge is 2.28. The normalized spacial score (nSPS) is 17.6. The lowest BCUT2D eigenvalue weighted by Crippen LogP contribution is -2.38. The Hall–Kier alpha value is -2.63. The quantitative estimate of drug-likeness (QED) is 0.860.